The number of hydroxylamine groups is 3. The lowest BCUT2D eigenvalue weighted by Crippen LogP contribution is -2.55. The topological polar surface area (TPSA) is 104 Å². The average molecular weight is 548 g/mol. The van der Waals surface area contributed by atoms with E-state index in [2.05, 4.69) is 4.98 Å². The minimum absolute atomic E-state index is 0.218. The fourth-order valence-electron chi connectivity index (χ4n) is 4.49. The van der Waals surface area contributed by atoms with Crippen molar-refractivity contribution in [2.75, 3.05) is 19.6 Å². The van der Waals surface area contributed by atoms with Crippen LogP contribution in [0.15, 0.2) is 77.6 Å². The van der Waals surface area contributed by atoms with E-state index in [4.69, 9.17) is 22.2 Å². The number of rotatable bonds is 9. The van der Waals surface area contributed by atoms with Gasteiger partial charge in [0, 0.05) is 11.4 Å². The molecule has 8 nitrogen and oxygen atoms in total. The summed E-state index contributed by atoms with van der Waals surface area (Å²) in [6, 6.07) is 21.4. The molecule has 1 unspecified atom stereocenters. The number of aromatic nitrogens is 2. The number of aryl methyl sites for hydroxylation is 1. The minimum atomic E-state index is -0.676. The molecule has 9 heteroatoms. The van der Waals surface area contributed by atoms with E-state index in [1.165, 1.54) is 4.57 Å². The van der Waals surface area contributed by atoms with Crippen LogP contribution in [0.2, 0.25) is 5.02 Å². The predicted octanol–water partition coefficient (Wildman–Crippen LogP) is 4.43. The lowest BCUT2D eigenvalue weighted by atomic mass is 10.1. The normalized spacial score (nSPS) is 12.7. The maximum absolute atomic E-state index is 13.6. The molecule has 0 saturated carbocycles. The molecule has 2 N–H and O–H groups in total. The van der Waals surface area contributed by atoms with Crippen LogP contribution in [0.1, 0.15) is 40.7 Å². The van der Waals surface area contributed by atoms with Crippen LogP contribution < -0.4 is 11.3 Å². The summed E-state index contributed by atoms with van der Waals surface area (Å²) in [5.74, 6) is -0.789. The summed E-state index contributed by atoms with van der Waals surface area (Å²) in [5.41, 5.74) is 8.17. The van der Waals surface area contributed by atoms with Crippen molar-refractivity contribution in [2.45, 2.75) is 33.2 Å². The Morgan fingerprint density at radius 3 is 2.44 bits per heavy atom. The van der Waals surface area contributed by atoms with Crippen molar-refractivity contribution in [1.29, 1.82) is 0 Å². The van der Waals surface area contributed by atoms with Crippen molar-refractivity contribution < 1.29 is 19.1 Å². The molecule has 0 aliphatic heterocycles. The first-order chi connectivity index (χ1) is 18.8. The minimum Gasteiger partial charge on any atom is -0.330 e. The van der Waals surface area contributed by atoms with E-state index in [-0.39, 0.29) is 43.3 Å². The average Bonchev–Trinajstić information content (AvgIpc) is 2.93. The van der Waals surface area contributed by atoms with E-state index in [9.17, 15) is 14.4 Å². The zero-order chi connectivity index (χ0) is 28.0. The molecule has 3 aromatic carbocycles. The highest BCUT2D eigenvalue weighted by Gasteiger charge is 2.41. The van der Waals surface area contributed by atoms with Crippen molar-refractivity contribution in [3.05, 3.63) is 111 Å². The van der Waals surface area contributed by atoms with Crippen molar-refractivity contribution in [3.8, 4) is 0 Å². The maximum atomic E-state index is 13.6. The molecule has 39 heavy (non-hydrogen) atoms. The second-order valence-electron chi connectivity index (χ2n) is 9.45. The van der Waals surface area contributed by atoms with Crippen molar-refractivity contribution >= 4 is 34.4 Å². The molecular formula is C30H32ClN4O4+. The fraction of sp³-hybridized carbons (Fsp3) is 0.267. The van der Waals surface area contributed by atoms with Gasteiger partial charge in [-0.1, -0.05) is 64.3 Å². The number of hydrogen-bond donors (Lipinski definition) is 1. The largest absolute Gasteiger partial charge is 0.387 e. The molecule has 0 fully saturated rings. The van der Waals surface area contributed by atoms with Crippen molar-refractivity contribution in [3.63, 3.8) is 0 Å². The van der Waals surface area contributed by atoms with Crippen LogP contribution >= 0.6 is 11.6 Å². The summed E-state index contributed by atoms with van der Waals surface area (Å²) in [6.07, 6.45) is 0.165. The Hall–Kier alpha value is -3.85. The molecule has 1 heterocycles. The van der Waals surface area contributed by atoms with E-state index >= 15 is 0 Å². The smallest absolute Gasteiger partial charge is 0.330 e. The first kappa shape index (κ1) is 28.2. The SMILES string of the molecule is CC[N+](CCCN)(OC(=O)Cc1nc2cc(Cl)ccc2c(=O)n1Cc1ccccc1)C(=O)c1ccc(C)cc1. The van der Waals surface area contributed by atoms with Crippen LogP contribution in [-0.4, -0.2) is 45.7 Å². The number of amides is 1. The van der Waals surface area contributed by atoms with E-state index in [0.717, 1.165) is 11.1 Å². The second-order valence-corrected chi connectivity index (χ2v) is 9.89. The van der Waals surface area contributed by atoms with Crippen molar-refractivity contribution in [2.24, 2.45) is 5.73 Å². The summed E-state index contributed by atoms with van der Waals surface area (Å²) in [5, 5.41) is 0.819. The molecule has 0 spiro atoms. The van der Waals surface area contributed by atoms with E-state index < -0.39 is 10.6 Å². The highest BCUT2D eigenvalue weighted by Crippen LogP contribution is 2.20. The first-order valence-electron chi connectivity index (χ1n) is 12.9. The Kier molecular flexibility index (Phi) is 8.91. The Labute approximate surface area is 232 Å². The van der Waals surface area contributed by atoms with Gasteiger partial charge in [-0.3, -0.25) is 14.2 Å². The lowest BCUT2D eigenvalue weighted by Gasteiger charge is -2.31. The molecule has 0 radical (unpaired) electrons. The maximum Gasteiger partial charge on any atom is 0.387 e. The standard InChI is InChI=1S/C30H32ClN4O4/c1-3-35(17-7-16-32,30(38)23-12-10-21(2)11-13-23)39-28(36)19-27-33-26-18-24(31)14-15-25(26)29(37)34(27)20-22-8-5-4-6-9-22/h4-6,8-15,18H,3,7,16-17,19-20,32H2,1-2H3/q+1. The summed E-state index contributed by atoms with van der Waals surface area (Å²) in [7, 11) is 0. The van der Waals surface area contributed by atoms with Crippen LogP contribution in [0, 0.1) is 6.92 Å². The van der Waals surface area contributed by atoms with Gasteiger partial charge in [-0.2, -0.15) is 0 Å². The third-order valence-electron chi connectivity index (χ3n) is 6.66. The third-order valence-corrected chi connectivity index (χ3v) is 6.90. The number of halogens is 1. The molecule has 202 valence electrons. The number of fused-ring (bicyclic) bond motifs is 1. The molecule has 0 aliphatic carbocycles. The fourth-order valence-corrected chi connectivity index (χ4v) is 4.66. The van der Waals surface area contributed by atoms with Gasteiger partial charge in [0.15, 0.2) is 0 Å². The van der Waals surface area contributed by atoms with Gasteiger partial charge in [0.25, 0.3) is 5.56 Å². The Bertz CT molecular complexity index is 1540. The van der Waals surface area contributed by atoms with E-state index in [0.29, 0.717) is 34.5 Å². The summed E-state index contributed by atoms with van der Waals surface area (Å²) in [6.45, 7) is 4.72. The number of nitrogens with zero attached hydrogens (tertiary/aromatic N) is 3. The third kappa shape index (κ3) is 6.42. The predicted molar refractivity (Wildman–Crippen MR) is 151 cm³/mol. The molecular weight excluding hydrogens is 516 g/mol. The van der Waals surface area contributed by atoms with E-state index in [1.54, 1.807) is 37.3 Å². The first-order valence-corrected chi connectivity index (χ1v) is 13.3. The highest BCUT2D eigenvalue weighted by molar-refractivity contribution is 6.31. The Morgan fingerprint density at radius 2 is 1.77 bits per heavy atom. The number of quaternary nitrogens is 1. The van der Waals surface area contributed by atoms with Crippen LogP contribution in [0.5, 0.6) is 0 Å². The molecule has 1 amide bonds. The molecule has 0 saturated heterocycles. The van der Waals surface area contributed by atoms with Crippen LogP contribution in [0.3, 0.4) is 0 Å². The van der Waals surface area contributed by atoms with E-state index in [1.807, 2.05) is 49.4 Å². The van der Waals surface area contributed by atoms with Gasteiger partial charge < -0.3 is 5.73 Å². The molecule has 0 aliphatic rings. The number of carbonyl (C=O) groups excluding carboxylic acids is 2. The monoisotopic (exact) mass is 547 g/mol. The number of nitrogens with two attached hydrogens (primary N) is 1. The quantitative estimate of drug-likeness (QED) is 0.245. The number of hydrogen-bond acceptors (Lipinski definition) is 6. The highest BCUT2D eigenvalue weighted by atomic mass is 35.5. The molecule has 4 rings (SSSR count). The van der Waals surface area contributed by atoms with Gasteiger partial charge >= 0.3 is 11.9 Å². The van der Waals surface area contributed by atoms with Crippen LogP contribution in [0.4, 0.5) is 0 Å². The van der Waals surface area contributed by atoms with Gasteiger partial charge in [-0.25, -0.2) is 14.6 Å². The number of carbonyl (C=O) groups is 2. The lowest BCUT2D eigenvalue weighted by molar-refractivity contribution is -1.02. The van der Waals surface area contributed by atoms with Gasteiger partial charge in [-0.05, 0) is 56.3 Å². The molecule has 1 aromatic heterocycles. The van der Waals surface area contributed by atoms with Gasteiger partial charge in [0.1, 0.15) is 25.3 Å². The van der Waals surface area contributed by atoms with Gasteiger partial charge in [0.05, 0.1) is 23.0 Å². The molecule has 1 atom stereocenters. The molecule has 0 bridgehead atoms. The summed E-state index contributed by atoms with van der Waals surface area (Å²) < 4.78 is 0.927. The Balaban J connectivity index is 1.71. The van der Waals surface area contributed by atoms with Crippen molar-refractivity contribution in [1.82, 2.24) is 9.55 Å². The number of benzene rings is 3. The van der Waals surface area contributed by atoms with Crippen LogP contribution in [0.25, 0.3) is 10.9 Å². The second kappa shape index (κ2) is 12.3. The van der Waals surface area contributed by atoms with Gasteiger partial charge in [0.2, 0.25) is 0 Å². The van der Waals surface area contributed by atoms with Crippen LogP contribution in [-0.2, 0) is 22.6 Å². The zero-order valence-corrected chi connectivity index (χ0v) is 22.9. The Morgan fingerprint density at radius 1 is 1.05 bits per heavy atom. The zero-order valence-electron chi connectivity index (χ0n) is 22.1. The summed E-state index contributed by atoms with van der Waals surface area (Å²) >= 11 is 6.17. The summed E-state index contributed by atoms with van der Waals surface area (Å²) in [4.78, 5) is 51.2. The molecule has 4 aromatic rings. The van der Waals surface area contributed by atoms with Gasteiger partial charge in [-0.15, -0.1) is 0 Å².